The molecule has 1 amide bonds. The summed E-state index contributed by atoms with van der Waals surface area (Å²) in [4.78, 5) is 16.5. The van der Waals surface area contributed by atoms with Crippen LogP contribution in [0, 0.1) is 0 Å². The molecule has 6 nitrogen and oxygen atoms in total. The van der Waals surface area contributed by atoms with Gasteiger partial charge in [-0.25, -0.2) is 4.98 Å². The Bertz CT molecular complexity index is 1120. The van der Waals surface area contributed by atoms with Gasteiger partial charge in [0, 0.05) is 30.4 Å². The van der Waals surface area contributed by atoms with Crippen LogP contribution < -0.4 is 16.4 Å². The van der Waals surface area contributed by atoms with Gasteiger partial charge in [-0.1, -0.05) is 59.6 Å². The van der Waals surface area contributed by atoms with E-state index in [1.165, 1.54) is 0 Å². The lowest BCUT2D eigenvalue weighted by molar-refractivity contribution is -0.120. The first-order chi connectivity index (χ1) is 16.1. The number of aromatic nitrogens is 1. The average Bonchev–Trinajstić information content (AvgIpc) is 2.79. The summed E-state index contributed by atoms with van der Waals surface area (Å²) in [5.41, 5.74) is 8.99. The fourth-order valence-corrected chi connectivity index (χ4v) is 3.95. The van der Waals surface area contributed by atoms with Gasteiger partial charge in [-0.05, 0) is 55.2 Å². The lowest BCUT2D eigenvalue weighted by Crippen LogP contribution is -2.43. The van der Waals surface area contributed by atoms with E-state index in [4.69, 9.17) is 28.9 Å². The summed E-state index contributed by atoms with van der Waals surface area (Å²) in [7, 11) is 0. The van der Waals surface area contributed by atoms with Crippen LogP contribution in [-0.2, 0) is 24.2 Å². The number of anilines is 1. The van der Waals surface area contributed by atoms with Crippen molar-refractivity contribution < 1.29 is 9.90 Å². The Kier molecular flexibility index (Phi) is 8.91. The van der Waals surface area contributed by atoms with Crippen molar-refractivity contribution in [3.05, 3.63) is 93.1 Å². The molecule has 0 saturated heterocycles. The Morgan fingerprint density at radius 3 is 2.53 bits per heavy atom. The Morgan fingerprint density at radius 1 is 1.06 bits per heavy atom. The van der Waals surface area contributed by atoms with Crippen LogP contribution >= 0.6 is 23.2 Å². The number of halogens is 2. The van der Waals surface area contributed by atoms with Gasteiger partial charge in [0.15, 0.2) is 0 Å². The number of rotatable bonds is 10. The second kappa shape index (κ2) is 11.7. The maximum absolute atomic E-state index is 12.4. The summed E-state index contributed by atoms with van der Waals surface area (Å²) in [6, 6.07) is 16.8. The van der Waals surface area contributed by atoms with E-state index >= 15 is 0 Å². The minimum atomic E-state index is -0.682. The summed E-state index contributed by atoms with van der Waals surface area (Å²) in [6.45, 7) is 4.93. The normalized spacial score (nSPS) is 12.4. The van der Waals surface area contributed by atoms with E-state index < -0.39 is 6.10 Å². The number of β-amino-alcohol motifs (C(OH)–C–C–N with tert-alkyl or cyclic N) is 1. The van der Waals surface area contributed by atoms with Crippen LogP contribution in [0.25, 0.3) is 0 Å². The van der Waals surface area contributed by atoms with Crippen LogP contribution in [-0.4, -0.2) is 28.1 Å². The Morgan fingerprint density at radius 2 is 1.82 bits per heavy atom. The highest BCUT2D eigenvalue weighted by Gasteiger charge is 2.20. The van der Waals surface area contributed by atoms with Crippen molar-refractivity contribution in [2.75, 3.05) is 12.3 Å². The molecule has 1 aromatic heterocycles. The largest absolute Gasteiger partial charge is 0.387 e. The van der Waals surface area contributed by atoms with E-state index in [9.17, 15) is 9.90 Å². The minimum absolute atomic E-state index is 0.0687. The lowest BCUT2D eigenvalue weighted by atomic mass is 9.93. The molecule has 0 spiro atoms. The predicted molar refractivity (Wildman–Crippen MR) is 138 cm³/mol. The number of carbonyl (C=O) groups excluding carboxylic acids is 1. The van der Waals surface area contributed by atoms with Gasteiger partial charge in [0.1, 0.15) is 5.82 Å². The molecule has 0 saturated carbocycles. The van der Waals surface area contributed by atoms with Gasteiger partial charge >= 0.3 is 0 Å². The monoisotopic (exact) mass is 500 g/mol. The van der Waals surface area contributed by atoms with E-state index in [0.717, 1.165) is 23.1 Å². The maximum atomic E-state index is 12.4. The molecule has 0 aliphatic carbocycles. The number of nitrogens with zero attached hydrogens (tertiary/aromatic N) is 1. The molecule has 180 valence electrons. The molecule has 0 aliphatic heterocycles. The number of amides is 1. The molecule has 0 aliphatic rings. The summed E-state index contributed by atoms with van der Waals surface area (Å²) in [5.74, 6) is 0.355. The van der Waals surface area contributed by atoms with Crippen LogP contribution in [0.1, 0.15) is 42.2 Å². The van der Waals surface area contributed by atoms with E-state index in [-0.39, 0.29) is 17.9 Å². The fraction of sp³-hybridized carbons (Fsp3) is 0.308. The molecule has 0 fully saturated rings. The van der Waals surface area contributed by atoms with Crippen molar-refractivity contribution in [2.45, 2.75) is 44.9 Å². The Labute approximate surface area is 210 Å². The van der Waals surface area contributed by atoms with Crippen LogP contribution in [0.5, 0.6) is 0 Å². The molecule has 5 N–H and O–H groups in total. The molecule has 0 bridgehead atoms. The first kappa shape index (κ1) is 26.0. The van der Waals surface area contributed by atoms with E-state index in [2.05, 4.69) is 29.5 Å². The average molecular weight is 501 g/mol. The van der Waals surface area contributed by atoms with Gasteiger partial charge in [0.25, 0.3) is 0 Å². The summed E-state index contributed by atoms with van der Waals surface area (Å²) >= 11 is 12.0. The zero-order valence-corrected chi connectivity index (χ0v) is 20.8. The number of aliphatic hydroxyl groups excluding tert-OH is 1. The highest BCUT2D eigenvalue weighted by Crippen LogP contribution is 2.22. The Hall–Kier alpha value is -2.64. The third-order valence-electron chi connectivity index (χ3n) is 5.44. The smallest absolute Gasteiger partial charge is 0.224 e. The third-order valence-corrected chi connectivity index (χ3v) is 6.18. The third kappa shape index (κ3) is 7.99. The zero-order chi connectivity index (χ0) is 24.7. The van der Waals surface area contributed by atoms with Crippen LogP contribution in [0.15, 0.2) is 60.8 Å². The minimum Gasteiger partial charge on any atom is -0.387 e. The number of carbonyl (C=O) groups is 1. The fourth-order valence-electron chi connectivity index (χ4n) is 3.63. The number of nitrogens with one attached hydrogen (secondary N) is 2. The van der Waals surface area contributed by atoms with Crippen LogP contribution in [0.3, 0.4) is 0 Å². The number of aliphatic hydroxyl groups is 1. The maximum Gasteiger partial charge on any atom is 0.224 e. The standard InChI is InChI=1S/C26H30Cl2N4O2/c1-26(2,32-16-23(33)20-7-9-24(29)30-15-20)13-18-5-3-4-17(10-18)12-25(34)31-14-19-6-8-21(27)22(28)11-19/h3-11,15,23,32-33H,12-14,16H2,1-2H3,(H2,29,30)(H,31,34)/t23-/m1/s1. The molecule has 34 heavy (non-hydrogen) atoms. The van der Waals surface area contributed by atoms with Crippen molar-refractivity contribution in [3.8, 4) is 0 Å². The summed E-state index contributed by atoms with van der Waals surface area (Å²) < 4.78 is 0. The molecule has 1 heterocycles. The van der Waals surface area contributed by atoms with Gasteiger partial charge < -0.3 is 21.5 Å². The van der Waals surface area contributed by atoms with Crippen LogP contribution in [0.2, 0.25) is 10.0 Å². The van der Waals surface area contributed by atoms with Gasteiger partial charge in [-0.15, -0.1) is 0 Å². The molecule has 3 aromatic rings. The van der Waals surface area contributed by atoms with Gasteiger partial charge in [0.05, 0.1) is 22.6 Å². The highest BCUT2D eigenvalue weighted by atomic mass is 35.5. The molecular formula is C26H30Cl2N4O2. The first-order valence-corrected chi connectivity index (χ1v) is 11.8. The molecule has 1 atom stereocenters. The quantitative estimate of drug-likeness (QED) is 0.329. The highest BCUT2D eigenvalue weighted by molar-refractivity contribution is 6.42. The second-order valence-electron chi connectivity index (χ2n) is 9.00. The number of pyridine rings is 1. The van der Waals surface area contributed by atoms with Gasteiger partial charge in [0.2, 0.25) is 5.91 Å². The number of nitrogen functional groups attached to an aromatic ring is 1. The van der Waals surface area contributed by atoms with E-state index in [0.29, 0.717) is 34.5 Å². The van der Waals surface area contributed by atoms with Gasteiger partial charge in [-0.3, -0.25) is 4.79 Å². The molecule has 2 aromatic carbocycles. The van der Waals surface area contributed by atoms with Crippen molar-refractivity contribution in [3.63, 3.8) is 0 Å². The van der Waals surface area contributed by atoms with E-state index in [1.54, 1.807) is 30.5 Å². The summed E-state index contributed by atoms with van der Waals surface area (Å²) in [6.07, 6.45) is 1.92. The number of hydrogen-bond acceptors (Lipinski definition) is 5. The SMILES string of the molecule is CC(C)(Cc1cccc(CC(=O)NCc2ccc(Cl)c(Cl)c2)c1)NC[C@@H](O)c1ccc(N)nc1. The number of nitrogens with two attached hydrogens (primary N) is 1. The van der Waals surface area contributed by atoms with Crippen molar-refractivity contribution in [1.82, 2.24) is 15.6 Å². The second-order valence-corrected chi connectivity index (χ2v) is 9.81. The number of hydrogen-bond donors (Lipinski definition) is 4. The molecule has 8 heteroatoms. The lowest BCUT2D eigenvalue weighted by Gasteiger charge is -2.28. The number of benzene rings is 2. The van der Waals surface area contributed by atoms with Crippen molar-refractivity contribution >= 4 is 34.9 Å². The summed E-state index contributed by atoms with van der Waals surface area (Å²) in [5, 5.41) is 17.7. The predicted octanol–water partition coefficient (Wildman–Crippen LogP) is 4.47. The first-order valence-electron chi connectivity index (χ1n) is 11.0. The Balaban J connectivity index is 1.51. The molecular weight excluding hydrogens is 471 g/mol. The van der Waals surface area contributed by atoms with Crippen molar-refractivity contribution in [1.29, 1.82) is 0 Å². The van der Waals surface area contributed by atoms with Crippen LogP contribution in [0.4, 0.5) is 5.82 Å². The van der Waals surface area contributed by atoms with Gasteiger partial charge in [-0.2, -0.15) is 0 Å². The molecule has 0 unspecified atom stereocenters. The molecule has 3 rings (SSSR count). The van der Waals surface area contributed by atoms with E-state index in [1.807, 2.05) is 30.3 Å². The van der Waals surface area contributed by atoms with Crippen molar-refractivity contribution in [2.24, 2.45) is 0 Å². The molecule has 0 radical (unpaired) electrons. The zero-order valence-electron chi connectivity index (χ0n) is 19.3. The topological polar surface area (TPSA) is 100 Å².